The molecule has 0 aliphatic carbocycles. The molecular weight excluding hydrogens is 244 g/mol. The van der Waals surface area contributed by atoms with E-state index in [0.29, 0.717) is 11.1 Å². The molecule has 5 nitrogen and oxygen atoms in total. The first-order valence-corrected chi connectivity index (χ1v) is 6.34. The van der Waals surface area contributed by atoms with Gasteiger partial charge in [-0.15, -0.1) is 0 Å². The average Bonchev–Trinajstić information content (AvgIpc) is 2.12. The molecule has 0 aromatic heterocycles. The van der Waals surface area contributed by atoms with Crippen molar-refractivity contribution in [2.45, 2.75) is 32.6 Å². The third-order valence-corrected chi connectivity index (χ3v) is 3.49. The van der Waals surface area contributed by atoms with Gasteiger partial charge in [0.2, 0.25) is 0 Å². The summed E-state index contributed by atoms with van der Waals surface area (Å²) in [5.74, 6) is -0.823. The summed E-state index contributed by atoms with van der Waals surface area (Å²) in [6, 6.07) is 3.44. The standard InChI is InChI=1S/C11H14O5S/c1-7-5-8(2)11(9(3)6-7)17(13,14)16-15-10(4)12/h5-6H,1-4H3. The van der Waals surface area contributed by atoms with E-state index in [2.05, 4.69) is 9.22 Å². The van der Waals surface area contributed by atoms with E-state index in [9.17, 15) is 13.2 Å². The molecule has 1 rings (SSSR count). The monoisotopic (exact) mass is 258 g/mol. The molecule has 0 N–H and O–H groups in total. The maximum absolute atomic E-state index is 11.8. The van der Waals surface area contributed by atoms with Crippen LogP contribution < -0.4 is 0 Å². The van der Waals surface area contributed by atoms with E-state index in [1.54, 1.807) is 26.0 Å². The van der Waals surface area contributed by atoms with E-state index >= 15 is 0 Å². The molecule has 0 aliphatic rings. The van der Waals surface area contributed by atoms with Gasteiger partial charge in [0.25, 0.3) is 0 Å². The van der Waals surface area contributed by atoms with Crippen LogP contribution in [-0.2, 0) is 24.1 Å². The summed E-state index contributed by atoms with van der Waals surface area (Å²) >= 11 is 0. The van der Waals surface area contributed by atoms with E-state index in [1.165, 1.54) is 0 Å². The Labute approximate surface area is 100 Å². The first kappa shape index (κ1) is 13.7. The minimum absolute atomic E-state index is 0.0318. The molecule has 0 atom stereocenters. The molecule has 0 heterocycles. The van der Waals surface area contributed by atoms with Crippen LogP contribution in [0.1, 0.15) is 23.6 Å². The van der Waals surface area contributed by atoms with Gasteiger partial charge < -0.3 is 0 Å². The summed E-state index contributed by atoms with van der Waals surface area (Å²) in [7, 11) is -4.08. The highest BCUT2D eigenvalue weighted by Gasteiger charge is 2.23. The Balaban J connectivity index is 3.20. The Bertz CT molecular complexity index is 522. The molecule has 0 aliphatic heterocycles. The van der Waals surface area contributed by atoms with Gasteiger partial charge in [0.05, 0.1) is 0 Å². The summed E-state index contributed by atoms with van der Waals surface area (Å²) < 4.78 is 27.8. The van der Waals surface area contributed by atoms with Gasteiger partial charge in [-0.25, -0.2) is 4.79 Å². The highest BCUT2D eigenvalue weighted by Crippen LogP contribution is 2.23. The second-order valence-corrected chi connectivity index (χ2v) is 5.28. The lowest BCUT2D eigenvalue weighted by atomic mass is 10.1. The number of aryl methyl sites for hydroxylation is 3. The predicted molar refractivity (Wildman–Crippen MR) is 60.7 cm³/mol. The van der Waals surface area contributed by atoms with Gasteiger partial charge in [-0.2, -0.15) is 8.42 Å². The van der Waals surface area contributed by atoms with Crippen molar-refractivity contribution in [2.75, 3.05) is 0 Å². The van der Waals surface area contributed by atoms with Crippen LogP contribution >= 0.6 is 0 Å². The van der Waals surface area contributed by atoms with E-state index in [0.717, 1.165) is 12.5 Å². The highest BCUT2D eigenvalue weighted by molar-refractivity contribution is 7.86. The van der Waals surface area contributed by atoms with Gasteiger partial charge in [0.1, 0.15) is 4.90 Å². The van der Waals surface area contributed by atoms with Crippen LogP contribution in [0.2, 0.25) is 0 Å². The number of benzene rings is 1. The van der Waals surface area contributed by atoms with E-state index in [1.807, 2.05) is 6.92 Å². The Kier molecular flexibility index (Phi) is 3.90. The van der Waals surface area contributed by atoms with Crippen molar-refractivity contribution in [3.05, 3.63) is 28.8 Å². The van der Waals surface area contributed by atoms with Crippen molar-refractivity contribution in [1.29, 1.82) is 0 Å². The molecule has 0 saturated heterocycles. The molecule has 17 heavy (non-hydrogen) atoms. The molecule has 0 fully saturated rings. The van der Waals surface area contributed by atoms with Gasteiger partial charge in [-0.05, 0) is 36.2 Å². The highest BCUT2D eigenvalue weighted by atomic mass is 32.2. The van der Waals surface area contributed by atoms with Crippen molar-refractivity contribution in [3.63, 3.8) is 0 Å². The van der Waals surface area contributed by atoms with Gasteiger partial charge in [0.15, 0.2) is 0 Å². The van der Waals surface area contributed by atoms with Gasteiger partial charge in [-0.1, -0.05) is 17.7 Å². The Morgan fingerprint density at radius 1 is 1.12 bits per heavy atom. The quantitative estimate of drug-likeness (QED) is 0.610. The van der Waals surface area contributed by atoms with Crippen LogP contribution in [0, 0.1) is 20.8 Å². The predicted octanol–water partition coefficient (Wildman–Crippen LogP) is 1.80. The normalized spacial score (nSPS) is 11.3. The summed E-state index contributed by atoms with van der Waals surface area (Å²) in [6.07, 6.45) is 0. The van der Waals surface area contributed by atoms with Gasteiger partial charge in [0, 0.05) is 6.92 Å². The van der Waals surface area contributed by atoms with Crippen LogP contribution in [0.4, 0.5) is 0 Å². The molecule has 0 spiro atoms. The largest absolute Gasteiger partial charge is 0.340 e. The van der Waals surface area contributed by atoms with Crippen LogP contribution in [-0.4, -0.2) is 14.4 Å². The van der Waals surface area contributed by atoms with E-state index in [4.69, 9.17) is 0 Å². The minimum atomic E-state index is -4.08. The lowest BCUT2D eigenvalue weighted by molar-refractivity contribution is -0.208. The fourth-order valence-electron chi connectivity index (χ4n) is 1.69. The first-order valence-electron chi connectivity index (χ1n) is 4.93. The van der Waals surface area contributed by atoms with Gasteiger partial charge in [-0.3, -0.25) is 4.89 Å². The van der Waals surface area contributed by atoms with E-state index in [-0.39, 0.29) is 4.90 Å². The summed E-state index contributed by atoms with van der Waals surface area (Å²) in [4.78, 5) is 14.6. The lowest BCUT2D eigenvalue weighted by Crippen LogP contribution is -2.12. The average molecular weight is 258 g/mol. The summed E-state index contributed by atoms with van der Waals surface area (Å²) in [5.41, 5.74) is 2.05. The van der Waals surface area contributed by atoms with Crippen molar-refractivity contribution in [1.82, 2.24) is 0 Å². The lowest BCUT2D eigenvalue weighted by Gasteiger charge is -2.10. The number of hydrogen-bond acceptors (Lipinski definition) is 5. The van der Waals surface area contributed by atoms with Crippen LogP contribution in [0.3, 0.4) is 0 Å². The number of hydrogen-bond donors (Lipinski definition) is 0. The Morgan fingerprint density at radius 2 is 1.59 bits per heavy atom. The third kappa shape index (κ3) is 3.28. The summed E-state index contributed by atoms with van der Waals surface area (Å²) in [5, 5.41) is 0. The Hall–Kier alpha value is -1.40. The summed E-state index contributed by atoms with van der Waals surface area (Å²) in [6.45, 7) is 6.24. The molecule has 0 amide bonds. The maximum atomic E-state index is 11.8. The Morgan fingerprint density at radius 3 is 2.00 bits per heavy atom. The fourth-order valence-corrected chi connectivity index (χ4v) is 2.85. The van der Waals surface area contributed by atoms with Crippen molar-refractivity contribution < 1.29 is 22.4 Å². The van der Waals surface area contributed by atoms with Crippen molar-refractivity contribution in [3.8, 4) is 0 Å². The topological polar surface area (TPSA) is 69.7 Å². The molecule has 94 valence electrons. The molecule has 0 radical (unpaired) electrons. The second-order valence-electron chi connectivity index (χ2n) is 3.82. The van der Waals surface area contributed by atoms with Gasteiger partial charge >= 0.3 is 16.1 Å². The molecule has 6 heteroatoms. The first-order chi connectivity index (χ1) is 7.74. The maximum Gasteiger partial charge on any atom is 0.340 e. The fraction of sp³-hybridized carbons (Fsp3) is 0.364. The minimum Gasteiger partial charge on any atom is -0.282 e. The molecule has 0 saturated carbocycles. The zero-order chi connectivity index (χ0) is 13.2. The van der Waals surface area contributed by atoms with E-state index < -0.39 is 16.1 Å². The third-order valence-electron chi connectivity index (χ3n) is 2.10. The number of rotatable bonds is 3. The smallest absolute Gasteiger partial charge is 0.282 e. The SMILES string of the molecule is CC(=O)OOS(=O)(=O)c1c(C)cc(C)cc1C. The zero-order valence-corrected chi connectivity index (χ0v) is 10.9. The van der Waals surface area contributed by atoms with Crippen LogP contribution in [0.15, 0.2) is 17.0 Å². The zero-order valence-electron chi connectivity index (χ0n) is 10.1. The molecule has 0 unspecified atom stereocenters. The van der Waals surface area contributed by atoms with Crippen molar-refractivity contribution in [2.24, 2.45) is 0 Å². The number of carbonyl (C=O) groups is 1. The molecule has 0 bridgehead atoms. The molecule has 1 aromatic carbocycles. The molecule has 1 aromatic rings. The molecular formula is C11H14O5S. The van der Waals surface area contributed by atoms with Crippen molar-refractivity contribution >= 4 is 16.1 Å². The number of carbonyl (C=O) groups excluding carboxylic acids is 1. The van der Waals surface area contributed by atoms with Crippen LogP contribution in [0.5, 0.6) is 0 Å². The second kappa shape index (κ2) is 4.85. The van der Waals surface area contributed by atoms with Crippen LogP contribution in [0.25, 0.3) is 0 Å².